The summed E-state index contributed by atoms with van der Waals surface area (Å²) in [5, 5.41) is 13.6. The number of nitrogens with one attached hydrogen (secondary N) is 1. The van der Waals surface area contributed by atoms with Gasteiger partial charge < -0.3 is 10.4 Å². The number of hydrogen-bond donors (Lipinski definition) is 2. The van der Waals surface area contributed by atoms with Crippen LogP contribution >= 0.6 is 11.6 Å². The van der Waals surface area contributed by atoms with Crippen molar-refractivity contribution < 1.29 is 5.11 Å². The Hall–Kier alpha value is -0.640. The summed E-state index contributed by atoms with van der Waals surface area (Å²) >= 11 is 5.78. The number of β-amino-alcohol motifs (C(OH)–C–C–N with tert-alkyl or cyclic N) is 1. The molecule has 84 valence electrons. The van der Waals surface area contributed by atoms with Crippen molar-refractivity contribution in [2.75, 3.05) is 6.54 Å². The molecule has 1 atom stereocenters. The molecule has 0 spiro atoms. The summed E-state index contributed by atoms with van der Waals surface area (Å²) < 4.78 is 0. The van der Waals surface area contributed by atoms with Crippen LogP contribution in [0.25, 0.3) is 0 Å². The van der Waals surface area contributed by atoms with Gasteiger partial charge in [0.1, 0.15) is 0 Å². The van der Waals surface area contributed by atoms with Crippen molar-refractivity contribution in [1.29, 1.82) is 0 Å². The van der Waals surface area contributed by atoms with Gasteiger partial charge in [0.05, 0.1) is 11.1 Å². The first-order valence-electron chi connectivity index (χ1n) is 4.92. The molecule has 1 aromatic rings. The van der Waals surface area contributed by atoms with Gasteiger partial charge in [-0.2, -0.15) is 0 Å². The van der Waals surface area contributed by atoms with Gasteiger partial charge in [-0.25, -0.2) is 0 Å². The van der Waals surface area contributed by atoms with Crippen LogP contribution in [0.4, 0.5) is 0 Å². The second kappa shape index (κ2) is 4.92. The van der Waals surface area contributed by atoms with Gasteiger partial charge in [0.2, 0.25) is 0 Å². The summed E-state index contributed by atoms with van der Waals surface area (Å²) in [4.78, 5) is 3.93. The van der Waals surface area contributed by atoms with Gasteiger partial charge in [0.25, 0.3) is 0 Å². The Morgan fingerprint density at radius 1 is 1.47 bits per heavy atom. The van der Waals surface area contributed by atoms with E-state index in [-0.39, 0.29) is 5.54 Å². The zero-order chi connectivity index (χ0) is 11.5. The quantitative estimate of drug-likeness (QED) is 0.834. The SMILES string of the molecule is CC(C)(C)NCC(O)c1cncc(Cl)c1. The lowest BCUT2D eigenvalue weighted by molar-refractivity contribution is 0.163. The predicted octanol–water partition coefficient (Wildman–Crippen LogP) is 2.16. The minimum Gasteiger partial charge on any atom is -0.387 e. The maximum absolute atomic E-state index is 9.85. The molecule has 4 heteroatoms. The first-order valence-corrected chi connectivity index (χ1v) is 5.30. The Labute approximate surface area is 95.5 Å². The minimum atomic E-state index is -0.574. The first kappa shape index (κ1) is 12.4. The molecule has 0 saturated carbocycles. The number of aromatic nitrogens is 1. The van der Waals surface area contributed by atoms with E-state index in [1.165, 1.54) is 0 Å². The number of aliphatic hydroxyl groups is 1. The van der Waals surface area contributed by atoms with E-state index in [4.69, 9.17) is 11.6 Å². The Bertz CT molecular complexity index is 323. The lowest BCUT2D eigenvalue weighted by Gasteiger charge is -2.22. The summed E-state index contributed by atoms with van der Waals surface area (Å²) in [6, 6.07) is 1.73. The third-order valence-electron chi connectivity index (χ3n) is 1.94. The fourth-order valence-corrected chi connectivity index (χ4v) is 1.31. The normalized spacial score (nSPS) is 13.9. The predicted molar refractivity (Wildman–Crippen MR) is 62.0 cm³/mol. The molecule has 0 aromatic carbocycles. The highest BCUT2D eigenvalue weighted by atomic mass is 35.5. The molecule has 0 aliphatic rings. The van der Waals surface area contributed by atoms with Crippen LogP contribution in [0.3, 0.4) is 0 Å². The Morgan fingerprint density at radius 3 is 2.67 bits per heavy atom. The zero-order valence-corrected chi connectivity index (χ0v) is 10.0. The molecule has 0 saturated heterocycles. The van der Waals surface area contributed by atoms with Crippen LogP contribution < -0.4 is 5.32 Å². The largest absolute Gasteiger partial charge is 0.387 e. The zero-order valence-electron chi connectivity index (χ0n) is 9.29. The lowest BCUT2D eigenvalue weighted by atomic mass is 10.1. The van der Waals surface area contributed by atoms with Gasteiger partial charge >= 0.3 is 0 Å². The highest BCUT2D eigenvalue weighted by Gasteiger charge is 2.13. The second-order valence-corrected chi connectivity index (χ2v) is 5.02. The number of nitrogens with zero attached hydrogens (tertiary/aromatic N) is 1. The van der Waals surface area contributed by atoms with E-state index in [1.54, 1.807) is 18.5 Å². The number of halogens is 1. The van der Waals surface area contributed by atoms with E-state index >= 15 is 0 Å². The van der Waals surface area contributed by atoms with E-state index in [9.17, 15) is 5.11 Å². The summed E-state index contributed by atoms with van der Waals surface area (Å²) in [6.07, 6.45) is 2.60. The Balaban J connectivity index is 2.58. The minimum absolute atomic E-state index is 0.00696. The van der Waals surface area contributed by atoms with Crippen molar-refractivity contribution in [3.8, 4) is 0 Å². The van der Waals surface area contributed by atoms with Crippen LogP contribution in [-0.2, 0) is 0 Å². The molecule has 0 aliphatic heterocycles. The third-order valence-corrected chi connectivity index (χ3v) is 2.14. The van der Waals surface area contributed by atoms with Crippen molar-refractivity contribution in [1.82, 2.24) is 10.3 Å². The van der Waals surface area contributed by atoms with Gasteiger partial charge in [0, 0.05) is 30.0 Å². The molecule has 0 radical (unpaired) electrons. The molecular formula is C11H17ClN2O. The average Bonchev–Trinajstić information content (AvgIpc) is 2.13. The van der Waals surface area contributed by atoms with Crippen molar-refractivity contribution in [3.63, 3.8) is 0 Å². The van der Waals surface area contributed by atoms with E-state index < -0.39 is 6.10 Å². The van der Waals surface area contributed by atoms with Crippen LogP contribution in [-0.4, -0.2) is 22.2 Å². The van der Waals surface area contributed by atoms with Crippen molar-refractivity contribution in [2.45, 2.75) is 32.4 Å². The van der Waals surface area contributed by atoms with Crippen LogP contribution in [0.5, 0.6) is 0 Å². The van der Waals surface area contributed by atoms with Gasteiger partial charge in [-0.05, 0) is 26.8 Å². The summed E-state index contributed by atoms with van der Waals surface area (Å²) in [6.45, 7) is 6.65. The van der Waals surface area contributed by atoms with E-state index in [1.807, 2.05) is 0 Å². The second-order valence-electron chi connectivity index (χ2n) is 4.58. The maximum atomic E-state index is 9.85. The summed E-state index contributed by atoms with van der Waals surface area (Å²) in [7, 11) is 0. The van der Waals surface area contributed by atoms with Crippen LogP contribution in [0.1, 0.15) is 32.4 Å². The molecule has 0 bridgehead atoms. The van der Waals surface area contributed by atoms with Crippen LogP contribution in [0.15, 0.2) is 18.5 Å². The molecule has 15 heavy (non-hydrogen) atoms. The molecule has 1 aromatic heterocycles. The number of aliphatic hydroxyl groups excluding tert-OH is 1. The fraction of sp³-hybridized carbons (Fsp3) is 0.545. The Morgan fingerprint density at radius 2 is 2.13 bits per heavy atom. The van der Waals surface area contributed by atoms with Crippen molar-refractivity contribution in [2.24, 2.45) is 0 Å². The fourth-order valence-electron chi connectivity index (χ4n) is 1.13. The van der Waals surface area contributed by atoms with Crippen molar-refractivity contribution in [3.05, 3.63) is 29.0 Å². The summed E-state index contributed by atoms with van der Waals surface area (Å²) in [5.74, 6) is 0. The highest BCUT2D eigenvalue weighted by Crippen LogP contribution is 2.16. The molecule has 0 amide bonds. The van der Waals surface area contributed by atoms with E-state index in [0.717, 1.165) is 5.56 Å². The monoisotopic (exact) mass is 228 g/mol. The molecule has 2 N–H and O–H groups in total. The van der Waals surface area contributed by atoms with Gasteiger partial charge in [-0.3, -0.25) is 4.98 Å². The number of hydrogen-bond acceptors (Lipinski definition) is 3. The molecular weight excluding hydrogens is 212 g/mol. The van der Waals surface area contributed by atoms with Gasteiger partial charge in [-0.15, -0.1) is 0 Å². The average molecular weight is 229 g/mol. The molecule has 3 nitrogen and oxygen atoms in total. The third kappa shape index (κ3) is 4.60. The molecule has 0 fully saturated rings. The highest BCUT2D eigenvalue weighted by molar-refractivity contribution is 6.30. The van der Waals surface area contributed by atoms with Gasteiger partial charge in [0.15, 0.2) is 0 Å². The molecule has 1 rings (SSSR count). The van der Waals surface area contributed by atoms with E-state index in [2.05, 4.69) is 31.1 Å². The number of pyridine rings is 1. The lowest BCUT2D eigenvalue weighted by Crippen LogP contribution is -2.38. The summed E-state index contributed by atoms with van der Waals surface area (Å²) in [5.41, 5.74) is 0.728. The molecule has 1 unspecified atom stereocenters. The van der Waals surface area contributed by atoms with Crippen LogP contribution in [0, 0.1) is 0 Å². The van der Waals surface area contributed by atoms with Gasteiger partial charge in [-0.1, -0.05) is 11.6 Å². The van der Waals surface area contributed by atoms with E-state index in [0.29, 0.717) is 11.6 Å². The molecule has 0 aliphatic carbocycles. The van der Waals surface area contributed by atoms with Crippen molar-refractivity contribution >= 4 is 11.6 Å². The number of rotatable bonds is 3. The first-order chi connectivity index (χ1) is 6.88. The topological polar surface area (TPSA) is 45.1 Å². The maximum Gasteiger partial charge on any atom is 0.0929 e. The Kier molecular flexibility index (Phi) is 4.08. The van der Waals surface area contributed by atoms with Crippen LogP contribution in [0.2, 0.25) is 5.02 Å². The standard InChI is InChI=1S/C11H17ClN2O/c1-11(2,3)14-7-10(15)8-4-9(12)6-13-5-8/h4-6,10,14-15H,7H2,1-3H3. The molecule has 1 heterocycles. The smallest absolute Gasteiger partial charge is 0.0929 e.